The predicted molar refractivity (Wildman–Crippen MR) is 136 cm³/mol. The number of aromatic nitrogens is 2. The number of hydrogen-bond acceptors (Lipinski definition) is 2. The monoisotopic (exact) mass is 439 g/mol. The van der Waals surface area contributed by atoms with Crippen LogP contribution in [0.4, 0.5) is 0 Å². The molecule has 170 valence electrons. The molecule has 4 rings (SSSR count). The second-order valence-corrected chi connectivity index (χ2v) is 9.02. The molecule has 1 aromatic heterocycles. The third-order valence-corrected chi connectivity index (χ3v) is 6.82. The van der Waals surface area contributed by atoms with Crippen LogP contribution >= 0.6 is 0 Å². The van der Waals surface area contributed by atoms with Gasteiger partial charge in [0.25, 0.3) is 5.91 Å². The van der Waals surface area contributed by atoms with Crippen LogP contribution in [0.2, 0.25) is 0 Å². The van der Waals surface area contributed by atoms with Gasteiger partial charge >= 0.3 is 0 Å². The minimum atomic E-state index is -0.0110. The van der Waals surface area contributed by atoms with Gasteiger partial charge in [0, 0.05) is 25.1 Å². The molecule has 33 heavy (non-hydrogen) atoms. The van der Waals surface area contributed by atoms with E-state index in [1.807, 2.05) is 37.3 Å². The molecule has 1 N–H and O–H groups in total. The number of carbonyl (C=O) groups is 1. The number of imidazole rings is 1. The zero-order chi connectivity index (χ0) is 23.5. The molecule has 0 unspecified atom stereocenters. The number of carbonyl (C=O) groups excluding carboxylic acids is 1. The number of amides is 1. The molecule has 1 heterocycles. The average Bonchev–Trinajstić information content (AvgIpc) is 3.15. The molecule has 0 aliphatic heterocycles. The maximum Gasteiger partial charge on any atom is 0.251 e. The summed E-state index contributed by atoms with van der Waals surface area (Å²) >= 11 is 0. The molecular weight excluding hydrogens is 406 g/mol. The van der Waals surface area contributed by atoms with Gasteiger partial charge in [-0.3, -0.25) is 4.79 Å². The Bertz CT molecular complexity index is 1290. The van der Waals surface area contributed by atoms with E-state index in [1.54, 1.807) is 0 Å². The molecule has 0 bridgehead atoms. The highest BCUT2D eigenvalue weighted by Gasteiger charge is 2.15. The zero-order valence-corrected chi connectivity index (χ0v) is 20.3. The number of nitrogens with one attached hydrogen (secondary N) is 1. The van der Waals surface area contributed by atoms with Gasteiger partial charge in [-0.1, -0.05) is 36.4 Å². The Labute approximate surface area is 196 Å². The molecule has 4 heteroatoms. The van der Waals surface area contributed by atoms with Gasteiger partial charge in [0.1, 0.15) is 5.82 Å². The number of rotatable bonds is 7. The lowest BCUT2D eigenvalue weighted by molar-refractivity contribution is 0.0952. The normalized spacial score (nSPS) is 11.2. The quantitative estimate of drug-likeness (QED) is 0.360. The summed E-state index contributed by atoms with van der Waals surface area (Å²) in [6.45, 7) is 12.2. The van der Waals surface area contributed by atoms with Gasteiger partial charge in [0.2, 0.25) is 0 Å². The lowest BCUT2D eigenvalue weighted by Gasteiger charge is -2.18. The SMILES string of the molecule is Cc1ccccc1C(=O)NCCCc1nc2ccccc2n1Cc1c(C)c(C)cc(C)c1C. The summed E-state index contributed by atoms with van der Waals surface area (Å²) in [6, 6.07) is 18.3. The highest BCUT2D eigenvalue weighted by atomic mass is 16.1. The molecule has 0 radical (unpaired) electrons. The van der Waals surface area contributed by atoms with Crippen molar-refractivity contribution in [1.82, 2.24) is 14.9 Å². The van der Waals surface area contributed by atoms with Gasteiger partial charge in [-0.2, -0.15) is 0 Å². The summed E-state index contributed by atoms with van der Waals surface area (Å²) in [6.07, 6.45) is 1.65. The highest BCUT2D eigenvalue weighted by molar-refractivity contribution is 5.95. The summed E-state index contributed by atoms with van der Waals surface area (Å²) in [4.78, 5) is 17.5. The molecule has 3 aromatic carbocycles. The Balaban J connectivity index is 1.54. The first kappa shape index (κ1) is 22.8. The van der Waals surface area contributed by atoms with E-state index in [2.05, 4.69) is 61.8 Å². The van der Waals surface area contributed by atoms with Crippen LogP contribution in [0, 0.1) is 34.6 Å². The molecule has 4 nitrogen and oxygen atoms in total. The molecule has 0 aliphatic rings. The molecule has 0 fully saturated rings. The van der Waals surface area contributed by atoms with Gasteiger partial charge < -0.3 is 9.88 Å². The molecule has 0 spiro atoms. The number of para-hydroxylation sites is 2. The van der Waals surface area contributed by atoms with Crippen molar-refractivity contribution in [3.63, 3.8) is 0 Å². The van der Waals surface area contributed by atoms with Crippen molar-refractivity contribution >= 4 is 16.9 Å². The van der Waals surface area contributed by atoms with Crippen molar-refractivity contribution < 1.29 is 4.79 Å². The Morgan fingerprint density at radius 3 is 2.27 bits per heavy atom. The number of fused-ring (bicyclic) bond motifs is 1. The van der Waals surface area contributed by atoms with Crippen LogP contribution < -0.4 is 5.32 Å². The largest absolute Gasteiger partial charge is 0.352 e. The topological polar surface area (TPSA) is 46.9 Å². The molecule has 1 amide bonds. The molecular formula is C29H33N3O. The lowest BCUT2D eigenvalue weighted by atomic mass is 9.94. The van der Waals surface area contributed by atoms with Crippen LogP contribution in [0.3, 0.4) is 0 Å². The first-order chi connectivity index (χ1) is 15.9. The third kappa shape index (κ3) is 4.70. The second kappa shape index (κ2) is 9.62. The summed E-state index contributed by atoms with van der Waals surface area (Å²) < 4.78 is 2.35. The standard InChI is InChI=1S/C29H33N3O/c1-19-11-6-7-12-24(19)29(33)30-16-10-15-28-31-26-13-8-9-14-27(26)32(28)18-25-22(4)20(2)17-21(3)23(25)5/h6-9,11-14,17H,10,15-16,18H2,1-5H3,(H,30,33). The summed E-state index contributed by atoms with van der Waals surface area (Å²) in [5, 5.41) is 3.07. The van der Waals surface area contributed by atoms with Crippen molar-refractivity contribution in [3.05, 3.63) is 99.4 Å². The molecule has 0 saturated heterocycles. The summed E-state index contributed by atoms with van der Waals surface area (Å²) in [5.74, 6) is 1.06. The average molecular weight is 440 g/mol. The number of hydrogen-bond donors (Lipinski definition) is 1. The minimum absolute atomic E-state index is 0.0110. The van der Waals surface area contributed by atoms with E-state index < -0.39 is 0 Å². The van der Waals surface area contributed by atoms with E-state index >= 15 is 0 Å². The van der Waals surface area contributed by atoms with Crippen LogP contribution in [-0.4, -0.2) is 22.0 Å². The fraction of sp³-hybridized carbons (Fsp3) is 0.310. The van der Waals surface area contributed by atoms with Crippen molar-refractivity contribution in [3.8, 4) is 0 Å². The van der Waals surface area contributed by atoms with Gasteiger partial charge in [-0.25, -0.2) is 4.98 Å². The fourth-order valence-corrected chi connectivity index (χ4v) is 4.56. The Morgan fingerprint density at radius 1 is 0.879 bits per heavy atom. The molecule has 0 aliphatic carbocycles. The van der Waals surface area contributed by atoms with Crippen molar-refractivity contribution in [2.24, 2.45) is 0 Å². The van der Waals surface area contributed by atoms with Gasteiger partial charge in [-0.05, 0) is 92.6 Å². The first-order valence-electron chi connectivity index (χ1n) is 11.7. The van der Waals surface area contributed by atoms with Crippen LogP contribution in [0.1, 0.15) is 56.0 Å². The summed E-state index contributed by atoms with van der Waals surface area (Å²) in [5.41, 5.74) is 10.7. The van der Waals surface area contributed by atoms with E-state index in [-0.39, 0.29) is 5.91 Å². The van der Waals surface area contributed by atoms with Crippen molar-refractivity contribution in [2.45, 2.75) is 54.0 Å². The molecule has 0 atom stereocenters. The van der Waals surface area contributed by atoms with Crippen LogP contribution in [0.5, 0.6) is 0 Å². The Morgan fingerprint density at radius 2 is 1.55 bits per heavy atom. The minimum Gasteiger partial charge on any atom is -0.352 e. The van der Waals surface area contributed by atoms with Gasteiger partial charge in [0.15, 0.2) is 0 Å². The van der Waals surface area contributed by atoms with E-state index in [0.29, 0.717) is 6.54 Å². The highest BCUT2D eigenvalue weighted by Crippen LogP contribution is 2.26. The smallest absolute Gasteiger partial charge is 0.251 e. The number of nitrogens with zero attached hydrogens (tertiary/aromatic N) is 2. The second-order valence-electron chi connectivity index (χ2n) is 9.02. The lowest BCUT2D eigenvalue weighted by Crippen LogP contribution is -2.25. The zero-order valence-electron chi connectivity index (χ0n) is 20.3. The summed E-state index contributed by atoms with van der Waals surface area (Å²) in [7, 11) is 0. The third-order valence-electron chi connectivity index (χ3n) is 6.82. The van der Waals surface area contributed by atoms with Gasteiger partial charge in [0.05, 0.1) is 11.0 Å². The first-order valence-corrected chi connectivity index (χ1v) is 11.7. The predicted octanol–water partition coefficient (Wildman–Crippen LogP) is 5.99. The Hall–Kier alpha value is -3.40. The fourth-order valence-electron chi connectivity index (χ4n) is 4.56. The van der Waals surface area contributed by atoms with Crippen LogP contribution in [0.25, 0.3) is 11.0 Å². The molecule has 0 saturated carbocycles. The Kier molecular flexibility index (Phi) is 6.64. The number of aryl methyl sites for hydroxylation is 4. The van der Waals surface area contributed by atoms with E-state index in [1.165, 1.54) is 27.8 Å². The maximum absolute atomic E-state index is 12.5. The number of benzene rings is 3. The van der Waals surface area contributed by atoms with Crippen molar-refractivity contribution in [2.75, 3.05) is 6.54 Å². The van der Waals surface area contributed by atoms with E-state index in [4.69, 9.17) is 4.98 Å². The van der Waals surface area contributed by atoms with E-state index in [9.17, 15) is 4.79 Å². The maximum atomic E-state index is 12.5. The van der Waals surface area contributed by atoms with Crippen molar-refractivity contribution in [1.29, 1.82) is 0 Å². The van der Waals surface area contributed by atoms with E-state index in [0.717, 1.165) is 47.4 Å². The van der Waals surface area contributed by atoms with Gasteiger partial charge in [-0.15, -0.1) is 0 Å². The molecule has 4 aromatic rings. The van der Waals surface area contributed by atoms with Crippen LogP contribution in [-0.2, 0) is 13.0 Å². The van der Waals surface area contributed by atoms with Crippen LogP contribution in [0.15, 0.2) is 54.6 Å².